The SMILES string of the molecule is COc1cc(C(=O)Nc2cccc(C(C)(C)C)c2)c(NC(=O)c2c(OC)ccnc2NC23CC(N4CCOCC4)(C2)C3)cn1. The predicted octanol–water partition coefficient (Wildman–Crippen LogP) is 4.72. The Morgan fingerprint density at radius 2 is 1.70 bits per heavy atom. The number of methoxy groups -OCH3 is 2. The van der Waals surface area contributed by atoms with E-state index in [1.807, 2.05) is 24.3 Å². The lowest BCUT2D eigenvalue weighted by Gasteiger charge is -2.74. The Kier molecular flexibility index (Phi) is 7.71. The van der Waals surface area contributed by atoms with E-state index >= 15 is 0 Å². The number of nitrogens with one attached hydrogen (secondary N) is 3. The molecule has 1 saturated heterocycles. The summed E-state index contributed by atoms with van der Waals surface area (Å²) in [6.07, 6.45) is 6.01. The number of carbonyl (C=O) groups is 2. The van der Waals surface area contributed by atoms with Gasteiger partial charge in [0.15, 0.2) is 0 Å². The van der Waals surface area contributed by atoms with Gasteiger partial charge >= 0.3 is 0 Å². The fourth-order valence-corrected chi connectivity index (χ4v) is 6.70. The third kappa shape index (κ3) is 5.57. The van der Waals surface area contributed by atoms with Crippen LogP contribution in [-0.2, 0) is 10.2 Å². The van der Waals surface area contributed by atoms with Crippen LogP contribution in [0.15, 0.2) is 48.8 Å². The highest BCUT2D eigenvalue weighted by atomic mass is 16.5. The minimum atomic E-state index is -0.470. The first kappa shape index (κ1) is 29.8. The molecule has 3 aliphatic carbocycles. The Morgan fingerprint density at radius 1 is 0.955 bits per heavy atom. The van der Waals surface area contributed by atoms with Gasteiger partial charge in [0.2, 0.25) is 5.88 Å². The van der Waals surface area contributed by atoms with Crippen molar-refractivity contribution in [2.24, 2.45) is 0 Å². The molecule has 232 valence electrons. The molecule has 2 aromatic heterocycles. The summed E-state index contributed by atoms with van der Waals surface area (Å²) in [5.74, 6) is 0.189. The maximum atomic E-state index is 13.9. The van der Waals surface area contributed by atoms with Crippen LogP contribution in [0, 0.1) is 0 Å². The summed E-state index contributed by atoms with van der Waals surface area (Å²) in [6, 6.07) is 10.9. The van der Waals surface area contributed by atoms with Gasteiger partial charge < -0.3 is 30.2 Å². The van der Waals surface area contributed by atoms with E-state index in [9.17, 15) is 9.59 Å². The van der Waals surface area contributed by atoms with Crippen molar-refractivity contribution in [2.75, 3.05) is 56.5 Å². The molecule has 3 aromatic rings. The number of morpholine rings is 1. The van der Waals surface area contributed by atoms with Gasteiger partial charge in [-0.3, -0.25) is 14.5 Å². The second-order valence-electron chi connectivity index (χ2n) is 13.0. The van der Waals surface area contributed by atoms with Crippen LogP contribution in [0.5, 0.6) is 11.6 Å². The molecule has 11 nitrogen and oxygen atoms in total. The van der Waals surface area contributed by atoms with Crippen molar-refractivity contribution in [2.45, 2.75) is 56.5 Å². The van der Waals surface area contributed by atoms with Crippen molar-refractivity contribution < 1.29 is 23.8 Å². The van der Waals surface area contributed by atoms with E-state index in [1.165, 1.54) is 26.5 Å². The zero-order valence-electron chi connectivity index (χ0n) is 26.0. The molecule has 0 atom stereocenters. The quantitative estimate of drug-likeness (QED) is 0.320. The first-order valence-corrected chi connectivity index (χ1v) is 15.0. The van der Waals surface area contributed by atoms with E-state index in [2.05, 4.69) is 51.6 Å². The van der Waals surface area contributed by atoms with E-state index in [1.54, 1.807) is 12.3 Å². The highest BCUT2D eigenvalue weighted by Crippen LogP contribution is 2.65. The number of amides is 2. The van der Waals surface area contributed by atoms with Gasteiger partial charge in [-0.2, -0.15) is 0 Å². The van der Waals surface area contributed by atoms with Crippen LogP contribution in [0.2, 0.25) is 0 Å². The van der Waals surface area contributed by atoms with Gasteiger partial charge in [-0.25, -0.2) is 9.97 Å². The van der Waals surface area contributed by atoms with E-state index < -0.39 is 11.8 Å². The molecule has 0 radical (unpaired) electrons. The van der Waals surface area contributed by atoms with Gasteiger partial charge in [0.1, 0.15) is 17.1 Å². The molecule has 2 amide bonds. The molecule has 11 heteroatoms. The first-order chi connectivity index (χ1) is 21.0. The Bertz CT molecular complexity index is 1560. The summed E-state index contributed by atoms with van der Waals surface area (Å²) >= 11 is 0. The monoisotopic (exact) mass is 600 g/mol. The lowest BCUT2D eigenvalue weighted by atomic mass is 9.43. The summed E-state index contributed by atoms with van der Waals surface area (Å²) in [7, 11) is 2.99. The molecule has 44 heavy (non-hydrogen) atoms. The maximum Gasteiger partial charge on any atom is 0.263 e. The fourth-order valence-electron chi connectivity index (χ4n) is 6.70. The van der Waals surface area contributed by atoms with Crippen LogP contribution in [0.4, 0.5) is 17.2 Å². The van der Waals surface area contributed by atoms with E-state index in [0.717, 1.165) is 51.1 Å². The Balaban J connectivity index is 1.23. The first-order valence-electron chi connectivity index (χ1n) is 15.0. The van der Waals surface area contributed by atoms with Crippen LogP contribution in [0.1, 0.15) is 66.3 Å². The molecule has 0 spiro atoms. The van der Waals surface area contributed by atoms with Crippen molar-refractivity contribution in [3.63, 3.8) is 0 Å². The molecule has 3 heterocycles. The average Bonchev–Trinajstić information content (AvgIpc) is 2.98. The fraction of sp³-hybridized carbons (Fsp3) is 0.455. The summed E-state index contributed by atoms with van der Waals surface area (Å²) in [5.41, 5.74) is 2.44. The van der Waals surface area contributed by atoms with Gasteiger partial charge in [0.25, 0.3) is 11.8 Å². The van der Waals surface area contributed by atoms with E-state index in [0.29, 0.717) is 17.3 Å². The van der Waals surface area contributed by atoms with Crippen molar-refractivity contribution in [3.8, 4) is 11.6 Å². The Labute approximate surface area is 257 Å². The molecular weight excluding hydrogens is 560 g/mol. The van der Waals surface area contributed by atoms with Crippen LogP contribution in [-0.4, -0.2) is 78.3 Å². The molecule has 3 N–H and O–H groups in total. The minimum absolute atomic E-state index is 0.0865. The number of carbonyl (C=O) groups excluding carboxylic acids is 2. The molecule has 3 saturated carbocycles. The summed E-state index contributed by atoms with van der Waals surface area (Å²) < 4.78 is 16.4. The number of nitrogens with zero attached hydrogens (tertiary/aromatic N) is 3. The second kappa shape index (κ2) is 11.4. The van der Waals surface area contributed by atoms with Crippen LogP contribution < -0.4 is 25.4 Å². The Morgan fingerprint density at radius 3 is 2.39 bits per heavy atom. The number of pyridine rings is 2. The highest BCUT2D eigenvalue weighted by molar-refractivity contribution is 6.14. The van der Waals surface area contributed by atoms with E-state index in [4.69, 9.17) is 14.2 Å². The topological polar surface area (TPSA) is 127 Å². The summed E-state index contributed by atoms with van der Waals surface area (Å²) in [6.45, 7) is 9.79. The smallest absolute Gasteiger partial charge is 0.263 e. The number of benzene rings is 1. The standard InChI is InChI=1S/C33H40N6O5/c1-31(2,3)21-7-6-8-22(15-21)36-29(40)23-16-26(43-5)35-17-24(23)37-30(41)27-25(42-4)9-10-34-28(27)38-32-18-33(19-32,20-32)39-11-13-44-14-12-39/h6-10,15-17H,11-14,18-20H2,1-5H3,(H,34,38)(H,36,40)(H,37,41). The molecular formula is C33H40N6O5. The van der Waals surface area contributed by atoms with Crippen molar-refractivity contribution in [1.82, 2.24) is 14.9 Å². The number of rotatable bonds is 9. The lowest BCUT2D eigenvalue weighted by Crippen LogP contribution is -2.82. The third-order valence-corrected chi connectivity index (χ3v) is 8.99. The number of ether oxygens (including phenoxy) is 3. The van der Waals surface area contributed by atoms with Gasteiger partial charge in [0.05, 0.1) is 44.9 Å². The van der Waals surface area contributed by atoms with Crippen LogP contribution >= 0.6 is 0 Å². The van der Waals surface area contributed by atoms with Crippen molar-refractivity contribution >= 4 is 29.0 Å². The number of aromatic nitrogens is 2. The molecule has 7 rings (SSSR count). The second-order valence-corrected chi connectivity index (χ2v) is 13.0. The normalized spacial score (nSPS) is 22.7. The molecule has 0 unspecified atom stereocenters. The highest BCUT2D eigenvalue weighted by Gasteiger charge is 2.70. The molecule has 1 aromatic carbocycles. The summed E-state index contributed by atoms with van der Waals surface area (Å²) in [4.78, 5) is 38.8. The predicted molar refractivity (Wildman–Crippen MR) is 168 cm³/mol. The molecule has 2 bridgehead atoms. The average molecular weight is 601 g/mol. The van der Waals surface area contributed by atoms with Crippen LogP contribution in [0.3, 0.4) is 0 Å². The maximum absolute atomic E-state index is 13.9. The number of hydrogen-bond acceptors (Lipinski definition) is 9. The van der Waals surface area contributed by atoms with Gasteiger partial charge in [-0.1, -0.05) is 32.9 Å². The Hall–Kier alpha value is -4.22. The van der Waals surface area contributed by atoms with Gasteiger partial charge in [-0.15, -0.1) is 0 Å². The largest absolute Gasteiger partial charge is 0.496 e. The van der Waals surface area contributed by atoms with Crippen molar-refractivity contribution in [3.05, 3.63) is 65.5 Å². The van der Waals surface area contributed by atoms with Crippen molar-refractivity contribution in [1.29, 1.82) is 0 Å². The third-order valence-electron chi connectivity index (χ3n) is 8.99. The zero-order chi connectivity index (χ0) is 31.1. The number of anilines is 3. The van der Waals surface area contributed by atoms with E-state index in [-0.39, 0.29) is 39.2 Å². The van der Waals surface area contributed by atoms with Crippen LogP contribution in [0.25, 0.3) is 0 Å². The zero-order valence-corrected chi connectivity index (χ0v) is 26.0. The molecule has 4 fully saturated rings. The lowest BCUT2D eigenvalue weighted by molar-refractivity contribution is -0.172. The molecule has 1 aliphatic heterocycles. The van der Waals surface area contributed by atoms with Gasteiger partial charge in [-0.05, 0) is 48.4 Å². The minimum Gasteiger partial charge on any atom is -0.496 e. The van der Waals surface area contributed by atoms with Gasteiger partial charge in [0, 0.05) is 42.1 Å². The number of hydrogen-bond donors (Lipinski definition) is 3. The summed E-state index contributed by atoms with van der Waals surface area (Å²) in [5, 5.41) is 9.42. The molecule has 4 aliphatic rings.